The number of hydrogen-bond donors (Lipinski definition) is 0. The highest BCUT2D eigenvalue weighted by Gasteiger charge is 2.22. The number of nitrogens with zero attached hydrogens (tertiary/aromatic N) is 2. The van der Waals surface area contributed by atoms with Gasteiger partial charge in [0.2, 0.25) is 5.91 Å². The van der Waals surface area contributed by atoms with E-state index < -0.39 is 5.82 Å². The summed E-state index contributed by atoms with van der Waals surface area (Å²) in [5, 5.41) is 0. The van der Waals surface area contributed by atoms with Crippen LogP contribution < -0.4 is 14.2 Å². The topological polar surface area (TPSA) is 51.2 Å². The minimum Gasteiger partial charge on any atom is -0.497 e. The third-order valence-electron chi connectivity index (χ3n) is 5.02. The van der Waals surface area contributed by atoms with Gasteiger partial charge in [0, 0.05) is 38.3 Å². The molecule has 1 aliphatic rings. The zero-order chi connectivity index (χ0) is 20.6. The van der Waals surface area contributed by atoms with Crippen LogP contribution in [0.3, 0.4) is 0 Å². The maximum atomic E-state index is 13.5. The van der Waals surface area contributed by atoms with Crippen molar-refractivity contribution >= 4 is 5.91 Å². The van der Waals surface area contributed by atoms with Gasteiger partial charge < -0.3 is 19.1 Å². The number of methoxy groups -OCH3 is 2. The summed E-state index contributed by atoms with van der Waals surface area (Å²) >= 11 is 0. The van der Waals surface area contributed by atoms with E-state index in [0.717, 1.165) is 36.7 Å². The van der Waals surface area contributed by atoms with E-state index in [1.807, 2.05) is 23.1 Å². The van der Waals surface area contributed by atoms with Gasteiger partial charge in [-0.2, -0.15) is 0 Å². The van der Waals surface area contributed by atoms with Gasteiger partial charge in [-0.05, 0) is 30.3 Å². The molecule has 0 spiro atoms. The van der Waals surface area contributed by atoms with Crippen molar-refractivity contribution in [2.24, 2.45) is 0 Å². The lowest BCUT2D eigenvalue weighted by molar-refractivity contribution is -0.133. The van der Waals surface area contributed by atoms with Crippen LogP contribution >= 0.6 is 0 Å². The zero-order valence-corrected chi connectivity index (χ0v) is 16.9. The van der Waals surface area contributed by atoms with E-state index in [-0.39, 0.29) is 24.7 Å². The molecule has 6 nitrogen and oxygen atoms in total. The Balaban J connectivity index is 1.45. The molecular formula is C22H27FN2O4. The normalized spacial score (nSPS) is 14.5. The zero-order valence-electron chi connectivity index (χ0n) is 16.9. The molecule has 1 saturated heterocycles. The summed E-state index contributed by atoms with van der Waals surface area (Å²) in [5.41, 5.74) is 1.06. The SMILES string of the molecule is COc1ccc(OC)c(CN2CCN(C(=O)CCOc3ccccc3F)CC2)c1. The summed E-state index contributed by atoms with van der Waals surface area (Å²) in [5.74, 6) is 1.41. The van der Waals surface area contributed by atoms with E-state index in [4.69, 9.17) is 14.2 Å². The fraction of sp³-hybridized carbons (Fsp3) is 0.409. The molecule has 0 unspecified atom stereocenters. The number of piperazine rings is 1. The first-order valence-corrected chi connectivity index (χ1v) is 9.69. The van der Waals surface area contributed by atoms with Crippen molar-refractivity contribution in [2.45, 2.75) is 13.0 Å². The number of ether oxygens (including phenoxy) is 3. The van der Waals surface area contributed by atoms with Crippen molar-refractivity contribution in [1.82, 2.24) is 9.80 Å². The number of hydrogen-bond acceptors (Lipinski definition) is 5. The van der Waals surface area contributed by atoms with Gasteiger partial charge in [-0.3, -0.25) is 9.69 Å². The van der Waals surface area contributed by atoms with E-state index in [1.165, 1.54) is 6.07 Å². The smallest absolute Gasteiger partial charge is 0.226 e. The first-order valence-electron chi connectivity index (χ1n) is 9.69. The van der Waals surface area contributed by atoms with E-state index in [0.29, 0.717) is 13.1 Å². The van der Waals surface area contributed by atoms with E-state index in [1.54, 1.807) is 32.4 Å². The monoisotopic (exact) mass is 402 g/mol. The maximum Gasteiger partial charge on any atom is 0.226 e. The number of amides is 1. The molecule has 2 aromatic rings. The van der Waals surface area contributed by atoms with Crippen LogP contribution in [0.1, 0.15) is 12.0 Å². The molecule has 156 valence electrons. The summed E-state index contributed by atoms with van der Waals surface area (Å²) in [4.78, 5) is 16.5. The minimum absolute atomic E-state index is 0.0277. The quantitative estimate of drug-likeness (QED) is 0.680. The summed E-state index contributed by atoms with van der Waals surface area (Å²) in [6.45, 7) is 3.77. The fourth-order valence-corrected chi connectivity index (χ4v) is 3.37. The van der Waals surface area contributed by atoms with E-state index in [2.05, 4.69) is 4.90 Å². The van der Waals surface area contributed by atoms with Crippen LogP contribution in [0.25, 0.3) is 0 Å². The van der Waals surface area contributed by atoms with Crippen LogP contribution in [0.5, 0.6) is 17.2 Å². The van der Waals surface area contributed by atoms with Gasteiger partial charge in [-0.25, -0.2) is 4.39 Å². The van der Waals surface area contributed by atoms with Crippen LogP contribution in [-0.2, 0) is 11.3 Å². The molecule has 0 radical (unpaired) electrons. The average Bonchev–Trinajstić information content (AvgIpc) is 2.75. The Kier molecular flexibility index (Phi) is 7.30. The Hall–Kier alpha value is -2.80. The van der Waals surface area contributed by atoms with Gasteiger partial charge in [0.1, 0.15) is 11.5 Å². The highest BCUT2D eigenvalue weighted by Crippen LogP contribution is 2.25. The van der Waals surface area contributed by atoms with Crippen molar-refractivity contribution in [3.05, 3.63) is 53.8 Å². The molecular weight excluding hydrogens is 375 g/mol. The molecule has 0 N–H and O–H groups in total. The van der Waals surface area contributed by atoms with Crippen molar-refractivity contribution in [1.29, 1.82) is 0 Å². The summed E-state index contributed by atoms with van der Waals surface area (Å²) < 4.78 is 29.7. The van der Waals surface area contributed by atoms with Crippen LogP contribution in [0.2, 0.25) is 0 Å². The summed E-state index contributed by atoms with van der Waals surface area (Å²) in [7, 11) is 3.30. The predicted molar refractivity (Wildman–Crippen MR) is 108 cm³/mol. The number of halogens is 1. The largest absolute Gasteiger partial charge is 0.497 e. The Morgan fingerprint density at radius 3 is 2.45 bits per heavy atom. The lowest BCUT2D eigenvalue weighted by Gasteiger charge is -2.35. The average molecular weight is 402 g/mol. The van der Waals surface area contributed by atoms with Crippen molar-refractivity contribution in [2.75, 3.05) is 47.0 Å². The first-order chi connectivity index (χ1) is 14.1. The summed E-state index contributed by atoms with van der Waals surface area (Å²) in [6, 6.07) is 12.0. The molecule has 2 aromatic carbocycles. The number of carbonyl (C=O) groups excluding carboxylic acids is 1. The molecule has 1 fully saturated rings. The summed E-state index contributed by atoms with van der Waals surface area (Å²) in [6.07, 6.45) is 0.234. The van der Waals surface area contributed by atoms with E-state index in [9.17, 15) is 9.18 Å². The molecule has 29 heavy (non-hydrogen) atoms. The van der Waals surface area contributed by atoms with Crippen molar-refractivity contribution in [3.8, 4) is 17.2 Å². The Morgan fingerprint density at radius 1 is 1.00 bits per heavy atom. The van der Waals surface area contributed by atoms with Crippen LogP contribution in [-0.4, -0.2) is 62.7 Å². The second kappa shape index (κ2) is 10.1. The van der Waals surface area contributed by atoms with Crippen molar-refractivity contribution in [3.63, 3.8) is 0 Å². The number of rotatable bonds is 8. The molecule has 0 aromatic heterocycles. The molecule has 1 aliphatic heterocycles. The molecule has 0 aliphatic carbocycles. The molecule has 1 amide bonds. The number of carbonyl (C=O) groups is 1. The second-order valence-corrected chi connectivity index (χ2v) is 6.86. The Labute approximate surface area is 170 Å². The Bertz CT molecular complexity index is 822. The van der Waals surface area contributed by atoms with Gasteiger partial charge in [0.25, 0.3) is 0 Å². The van der Waals surface area contributed by atoms with Gasteiger partial charge in [0.05, 0.1) is 27.2 Å². The maximum absolute atomic E-state index is 13.5. The lowest BCUT2D eigenvalue weighted by atomic mass is 10.1. The third kappa shape index (κ3) is 5.60. The van der Waals surface area contributed by atoms with Crippen LogP contribution in [0.15, 0.2) is 42.5 Å². The number of benzene rings is 2. The predicted octanol–water partition coefficient (Wildman–Crippen LogP) is 2.96. The van der Waals surface area contributed by atoms with Gasteiger partial charge in [0.15, 0.2) is 11.6 Å². The third-order valence-corrected chi connectivity index (χ3v) is 5.02. The highest BCUT2D eigenvalue weighted by atomic mass is 19.1. The van der Waals surface area contributed by atoms with Gasteiger partial charge in [-0.15, -0.1) is 0 Å². The van der Waals surface area contributed by atoms with E-state index >= 15 is 0 Å². The Morgan fingerprint density at radius 2 is 1.76 bits per heavy atom. The van der Waals surface area contributed by atoms with Gasteiger partial charge >= 0.3 is 0 Å². The van der Waals surface area contributed by atoms with Gasteiger partial charge in [-0.1, -0.05) is 12.1 Å². The van der Waals surface area contributed by atoms with Crippen molar-refractivity contribution < 1.29 is 23.4 Å². The molecule has 0 atom stereocenters. The molecule has 1 heterocycles. The molecule has 7 heteroatoms. The molecule has 0 bridgehead atoms. The van der Waals surface area contributed by atoms with Crippen LogP contribution in [0, 0.1) is 5.82 Å². The lowest BCUT2D eigenvalue weighted by Crippen LogP contribution is -2.48. The molecule has 3 rings (SSSR count). The number of para-hydroxylation sites is 1. The highest BCUT2D eigenvalue weighted by molar-refractivity contribution is 5.76. The molecule has 0 saturated carbocycles. The van der Waals surface area contributed by atoms with Crippen LogP contribution in [0.4, 0.5) is 4.39 Å². The fourth-order valence-electron chi connectivity index (χ4n) is 3.37. The standard InChI is InChI=1S/C22H27FN2O4/c1-27-18-7-8-20(28-2)17(15-18)16-24-10-12-25(13-11-24)22(26)9-14-29-21-6-4-3-5-19(21)23/h3-8,15H,9-14,16H2,1-2H3. The second-order valence-electron chi connectivity index (χ2n) is 6.86. The first kappa shape index (κ1) is 20.9. The minimum atomic E-state index is -0.415.